The second-order valence-electron chi connectivity index (χ2n) is 6.34. The number of guanidine groups is 1. The van der Waals surface area contributed by atoms with E-state index in [1.807, 2.05) is 5.32 Å². The van der Waals surface area contributed by atoms with Gasteiger partial charge in [0, 0.05) is 30.5 Å². The van der Waals surface area contributed by atoms with E-state index in [-0.39, 0.29) is 26.0 Å². The molecule has 17 heteroatoms. The number of alkyl halides is 3. The summed E-state index contributed by atoms with van der Waals surface area (Å²) in [7, 11) is 1.67. The smallest absolute Gasteiger partial charge is 0.341 e. The van der Waals surface area contributed by atoms with Crippen molar-refractivity contribution in [2.45, 2.75) is 12.7 Å². The predicted octanol–water partition coefficient (Wildman–Crippen LogP) is 2.38. The fourth-order valence-corrected chi connectivity index (χ4v) is 3.55. The van der Waals surface area contributed by atoms with Crippen LogP contribution in [0.1, 0.15) is 20.8 Å². The average molecular weight is 521 g/mol. The second-order valence-corrected chi connectivity index (χ2v) is 8.03. The first-order valence-corrected chi connectivity index (χ1v) is 10.3. The molecule has 0 saturated carbocycles. The molecule has 1 aliphatic heterocycles. The number of amides is 1. The van der Waals surface area contributed by atoms with Gasteiger partial charge in [-0.2, -0.15) is 18.4 Å². The second kappa shape index (κ2) is 12.1. The van der Waals surface area contributed by atoms with Crippen LogP contribution in [-0.4, -0.2) is 63.7 Å². The van der Waals surface area contributed by atoms with Crippen LogP contribution in [0.25, 0.3) is 0 Å². The molecule has 182 valence electrons. The lowest BCUT2D eigenvalue weighted by atomic mass is 10.1. The molecule has 0 bridgehead atoms. The number of nitrogens with one attached hydrogen (secondary N) is 1. The van der Waals surface area contributed by atoms with Crippen LogP contribution >= 0.6 is 22.9 Å². The molecule has 0 aliphatic carbocycles. The zero-order valence-corrected chi connectivity index (χ0v) is 18.9. The van der Waals surface area contributed by atoms with Gasteiger partial charge in [-0.05, 0) is 6.07 Å². The van der Waals surface area contributed by atoms with Gasteiger partial charge in [0.05, 0.1) is 23.7 Å². The van der Waals surface area contributed by atoms with Crippen molar-refractivity contribution in [2.75, 3.05) is 27.1 Å². The van der Waals surface area contributed by atoms with E-state index in [1.54, 1.807) is 29.1 Å². The molecule has 0 aromatic carbocycles. The Bertz CT molecular complexity index is 1090. The number of nitrogens with zero attached hydrogens (tertiary/aromatic N) is 7. The normalized spacial score (nSPS) is 14.8. The van der Waals surface area contributed by atoms with Crippen LogP contribution in [0, 0.1) is 21.4 Å². The summed E-state index contributed by atoms with van der Waals surface area (Å²) in [5.41, 5.74) is -1.66. The van der Waals surface area contributed by atoms with Gasteiger partial charge in [-0.1, -0.05) is 11.6 Å². The third kappa shape index (κ3) is 7.79. The molecule has 2 aromatic heterocycles. The van der Waals surface area contributed by atoms with Crippen LogP contribution in [0.2, 0.25) is 4.47 Å². The fraction of sp³-hybridized carbons (Fsp3) is 0.353. The van der Waals surface area contributed by atoms with Crippen molar-refractivity contribution in [1.82, 2.24) is 25.1 Å². The number of pyridine rings is 1. The number of carbonyl (C=O) groups is 1. The maximum Gasteiger partial charge on any atom is 0.417 e. The Labute approximate surface area is 199 Å². The van der Waals surface area contributed by atoms with Crippen molar-refractivity contribution in [3.05, 3.63) is 55.2 Å². The Morgan fingerprint density at radius 2 is 2.21 bits per heavy atom. The van der Waals surface area contributed by atoms with Gasteiger partial charge < -0.3 is 19.9 Å². The summed E-state index contributed by atoms with van der Waals surface area (Å²) >= 11 is 7.05. The lowest BCUT2D eigenvalue weighted by Crippen LogP contribution is -2.49. The minimum Gasteiger partial charge on any atom is -0.341 e. The number of hydrazone groups is 1. The van der Waals surface area contributed by atoms with E-state index in [0.717, 1.165) is 17.3 Å². The topological polar surface area (TPSA) is 150 Å². The summed E-state index contributed by atoms with van der Waals surface area (Å²) in [6.07, 6.45) is -1.23. The van der Waals surface area contributed by atoms with Gasteiger partial charge in [-0.25, -0.2) is 15.1 Å². The zero-order valence-electron chi connectivity index (χ0n) is 17.3. The first-order valence-electron chi connectivity index (χ1n) is 9.06. The maximum absolute atomic E-state index is 12.5. The molecule has 1 N–H and O–H groups in total. The van der Waals surface area contributed by atoms with E-state index in [0.29, 0.717) is 17.1 Å². The number of thiazole rings is 1. The lowest BCUT2D eigenvalue weighted by Gasteiger charge is -2.34. The molecule has 0 radical (unpaired) electrons. The maximum atomic E-state index is 12.5. The number of hydrogen-bond acceptors (Lipinski definition) is 8. The third-order valence-corrected chi connectivity index (χ3v) is 5.00. The molecule has 0 spiro atoms. The average Bonchev–Trinajstić information content (AvgIpc) is 3.18. The molecule has 3 heterocycles. The highest BCUT2D eigenvalue weighted by Gasteiger charge is 2.35. The van der Waals surface area contributed by atoms with Crippen LogP contribution in [0.4, 0.5) is 13.2 Å². The van der Waals surface area contributed by atoms with Gasteiger partial charge in [-0.3, -0.25) is 9.78 Å². The van der Waals surface area contributed by atoms with Crippen LogP contribution < -0.4 is 5.32 Å². The van der Waals surface area contributed by atoms with Gasteiger partial charge in [0.1, 0.15) is 25.1 Å². The van der Waals surface area contributed by atoms with E-state index < -0.39 is 28.2 Å². The fourth-order valence-electron chi connectivity index (χ4n) is 2.56. The molecule has 3 rings (SSSR count). The van der Waals surface area contributed by atoms with E-state index >= 15 is 0 Å². The molecular formula is C17H16ClF3N8O4S. The molecule has 2 aromatic rings. The number of hydrogen-bond donors (Lipinski definition) is 1. The molecule has 34 heavy (non-hydrogen) atoms. The molecule has 1 fully saturated rings. The van der Waals surface area contributed by atoms with Crippen molar-refractivity contribution in [1.29, 1.82) is 5.26 Å². The number of aromatic nitrogens is 2. The van der Waals surface area contributed by atoms with Gasteiger partial charge in [0.25, 0.3) is 11.9 Å². The van der Waals surface area contributed by atoms with Crippen molar-refractivity contribution < 1.29 is 27.7 Å². The minimum absolute atomic E-state index is 0.243. The summed E-state index contributed by atoms with van der Waals surface area (Å²) < 4.78 is 43.1. The monoisotopic (exact) mass is 520 g/mol. The SMILES string of the molecule is CN1COCN(Cc2cnc(Cl)s2)/C1=N/[N+](=O)[O-].N#CCNC(=O)c1cnccc1C(F)(F)F. The third-order valence-electron chi connectivity index (χ3n) is 3.90. The molecular weight excluding hydrogens is 505 g/mol. The number of ether oxygens (including phenoxy) is 1. The quantitative estimate of drug-likeness (QED) is 0.356. The molecule has 0 unspecified atom stereocenters. The number of carbonyl (C=O) groups excluding carboxylic acids is 1. The first-order chi connectivity index (χ1) is 16.0. The summed E-state index contributed by atoms with van der Waals surface area (Å²) in [4.78, 5) is 33.2. The minimum atomic E-state index is -4.62. The summed E-state index contributed by atoms with van der Waals surface area (Å²) in [6, 6.07) is 2.30. The van der Waals surface area contributed by atoms with E-state index in [4.69, 9.17) is 21.6 Å². The number of nitro groups is 1. The van der Waals surface area contributed by atoms with Crippen molar-refractivity contribution in [2.24, 2.45) is 5.10 Å². The standard InChI is InChI=1S/C9H6F3N3O.C8H10ClN5O3S/c10-9(11,12)7-1-3-14-5-6(7)8(16)15-4-2-13;1-12-4-17-5-13(8(12)11-14(15)16)3-6-2-10-7(9)18-6/h1,3,5H,4H2,(H,15,16);2H,3-5H2,1H3/b;11-8+. The Hall–Kier alpha value is -3.55. The molecule has 1 amide bonds. The Balaban J connectivity index is 0.000000242. The Kier molecular flexibility index (Phi) is 9.47. The van der Waals surface area contributed by atoms with Crippen LogP contribution in [0.15, 0.2) is 29.8 Å². The van der Waals surface area contributed by atoms with E-state index in [2.05, 4.69) is 15.1 Å². The van der Waals surface area contributed by atoms with Gasteiger partial charge in [-0.15, -0.1) is 11.3 Å². The molecule has 0 atom stereocenters. The van der Waals surface area contributed by atoms with E-state index in [9.17, 15) is 28.1 Å². The Morgan fingerprint density at radius 3 is 2.79 bits per heavy atom. The molecule has 12 nitrogen and oxygen atoms in total. The number of halogens is 4. The van der Waals surface area contributed by atoms with Crippen molar-refractivity contribution >= 4 is 34.8 Å². The molecule has 1 aliphatic rings. The molecule has 1 saturated heterocycles. The highest BCUT2D eigenvalue weighted by atomic mass is 35.5. The van der Waals surface area contributed by atoms with Crippen LogP contribution in [0.3, 0.4) is 0 Å². The summed E-state index contributed by atoms with van der Waals surface area (Å²) in [5.74, 6) is -0.710. The highest BCUT2D eigenvalue weighted by molar-refractivity contribution is 7.15. The highest BCUT2D eigenvalue weighted by Crippen LogP contribution is 2.31. The summed E-state index contributed by atoms with van der Waals surface area (Å²) in [5, 5.41) is 23.4. The number of nitriles is 1. The van der Waals surface area contributed by atoms with Gasteiger partial charge >= 0.3 is 6.18 Å². The van der Waals surface area contributed by atoms with Crippen molar-refractivity contribution in [3.63, 3.8) is 0 Å². The number of rotatable bonds is 5. The zero-order chi connectivity index (χ0) is 25.3. The van der Waals surface area contributed by atoms with Crippen LogP contribution in [-0.2, 0) is 17.5 Å². The largest absolute Gasteiger partial charge is 0.417 e. The first kappa shape index (κ1) is 26.7. The lowest BCUT2D eigenvalue weighted by molar-refractivity contribution is -0.486. The van der Waals surface area contributed by atoms with Gasteiger partial charge in [0.15, 0.2) is 9.50 Å². The van der Waals surface area contributed by atoms with E-state index in [1.165, 1.54) is 11.3 Å². The predicted molar refractivity (Wildman–Crippen MR) is 113 cm³/mol. The summed E-state index contributed by atoms with van der Waals surface area (Å²) in [6.45, 7) is 0.575. The Morgan fingerprint density at radius 1 is 1.47 bits per heavy atom. The van der Waals surface area contributed by atoms with Crippen molar-refractivity contribution in [3.8, 4) is 6.07 Å². The van der Waals surface area contributed by atoms with Gasteiger partial charge in [0.2, 0.25) is 0 Å². The van der Waals surface area contributed by atoms with Crippen LogP contribution in [0.5, 0.6) is 0 Å².